The Morgan fingerprint density at radius 3 is 2.96 bits per heavy atom. The minimum atomic E-state index is -0.256. The summed E-state index contributed by atoms with van der Waals surface area (Å²) in [7, 11) is 1.47. The summed E-state index contributed by atoms with van der Waals surface area (Å²) in [5, 5.41) is 13.5. The highest BCUT2D eigenvalue weighted by molar-refractivity contribution is 5.84. The molecule has 7 heteroatoms. The predicted molar refractivity (Wildman–Crippen MR) is 94.9 cm³/mol. The van der Waals surface area contributed by atoms with Crippen LogP contribution in [0.2, 0.25) is 0 Å². The number of imidazole rings is 1. The van der Waals surface area contributed by atoms with Crippen molar-refractivity contribution in [1.29, 1.82) is 0 Å². The second-order valence-electron chi connectivity index (χ2n) is 5.46. The molecule has 0 aliphatic carbocycles. The highest BCUT2D eigenvalue weighted by atomic mass is 16.5. The molecule has 7 nitrogen and oxygen atoms in total. The van der Waals surface area contributed by atoms with Gasteiger partial charge in [0.2, 0.25) is 0 Å². The summed E-state index contributed by atoms with van der Waals surface area (Å²) in [5.41, 5.74) is 4.94. The molecular formula is C18H18N4O3. The Balaban J connectivity index is 1.67. The van der Waals surface area contributed by atoms with Gasteiger partial charge in [-0.15, -0.1) is 0 Å². The average Bonchev–Trinajstić information content (AvgIpc) is 2.92. The van der Waals surface area contributed by atoms with Gasteiger partial charge in [-0.2, -0.15) is 5.10 Å². The second kappa shape index (κ2) is 7.04. The Labute approximate surface area is 144 Å². The summed E-state index contributed by atoms with van der Waals surface area (Å²) in [6.45, 7) is 1.99. The molecule has 0 spiro atoms. The lowest BCUT2D eigenvalue weighted by Gasteiger charge is -2.06. The number of aryl methyl sites for hydroxylation is 1. The topological polar surface area (TPSA) is 88.7 Å². The number of hydrogen-bond acceptors (Lipinski definition) is 5. The molecule has 0 radical (unpaired) electrons. The molecule has 0 aliphatic heterocycles. The number of nitrogens with one attached hydrogen (secondary N) is 1. The van der Waals surface area contributed by atoms with E-state index in [2.05, 4.69) is 15.5 Å². The molecule has 3 aromatic rings. The number of methoxy groups -OCH3 is 1. The number of benzene rings is 2. The van der Waals surface area contributed by atoms with E-state index in [9.17, 15) is 9.90 Å². The van der Waals surface area contributed by atoms with E-state index in [0.29, 0.717) is 11.3 Å². The zero-order chi connectivity index (χ0) is 17.8. The molecule has 2 aromatic carbocycles. The number of ether oxygens (including phenoxy) is 1. The third-order valence-electron chi connectivity index (χ3n) is 3.75. The van der Waals surface area contributed by atoms with E-state index < -0.39 is 0 Å². The van der Waals surface area contributed by atoms with Crippen LogP contribution < -0.4 is 10.2 Å². The molecule has 0 atom stereocenters. The van der Waals surface area contributed by atoms with E-state index in [1.807, 2.05) is 35.8 Å². The first-order chi connectivity index (χ1) is 12.1. The van der Waals surface area contributed by atoms with Crippen LogP contribution in [0.3, 0.4) is 0 Å². The van der Waals surface area contributed by atoms with Gasteiger partial charge in [-0.05, 0) is 42.8 Å². The Morgan fingerprint density at radius 1 is 1.36 bits per heavy atom. The van der Waals surface area contributed by atoms with Gasteiger partial charge in [0.05, 0.1) is 24.4 Å². The molecular weight excluding hydrogens is 320 g/mol. The van der Waals surface area contributed by atoms with Crippen molar-refractivity contribution in [2.24, 2.45) is 5.10 Å². The molecule has 0 saturated carbocycles. The standard InChI is InChI=1S/C18H18N4O3/c1-12-20-14-5-3-4-6-15(14)22(12)11-18(24)21-19-10-13-7-8-16(23)17(9-13)25-2/h3-10,23H,11H2,1-2H3,(H,21,24). The third-order valence-corrected chi connectivity index (χ3v) is 3.75. The van der Waals surface area contributed by atoms with E-state index in [-0.39, 0.29) is 18.2 Å². The zero-order valence-corrected chi connectivity index (χ0v) is 13.9. The summed E-state index contributed by atoms with van der Waals surface area (Å²) < 4.78 is 6.87. The number of hydrogen-bond donors (Lipinski definition) is 2. The van der Waals surface area contributed by atoms with E-state index in [1.54, 1.807) is 12.1 Å². The number of amides is 1. The zero-order valence-electron chi connectivity index (χ0n) is 13.9. The van der Waals surface area contributed by atoms with Crippen LogP contribution in [0.25, 0.3) is 11.0 Å². The van der Waals surface area contributed by atoms with Gasteiger partial charge < -0.3 is 14.4 Å². The lowest BCUT2D eigenvalue weighted by atomic mass is 10.2. The molecule has 1 amide bonds. The number of aromatic hydroxyl groups is 1. The van der Waals surface area contributed by atoms with Gasteiger partial charge in [0.25, 0.3) is 5.91 Å². The summed E-state index contributed by atoms with van der Waals surface area (Å²) in [4.78, 5) is 16.6. The maximum atomic E-state index is 12.1. The van der Waals surface area contributed by atoms with Gasteiger partial charge in [0.1, 0.15) is 12.4 Å². The Bertz CT molecular complexity index is 947. The summed E-state index contributed by atoms with van der Waals surface area (Å²) in [6, 6.07) is 12.5. The molecule has 2 N–H and O–H groups in total. The smallest absolute Gasteiger partial charge is 0.260 e. The Hall–Kier alpha value is -3.35. The number of aromatic nitrogens is 2. The second-order valence-corrected chi connectivity index (χ2v) is 5.46. The molecule has 1 aromatic heterocycles. The quantitative estimate of drug-likeness (QED) is 0.551. The van der Waals surface area contributed by atoms with Crippen LogP contribution in [0, 0.1) is 6.92 Å². The van der Waals surface area contributed by atoms with Gasteiger partial charge >= 0.3 is 0 Å². The van der Waals surface area contributed by atoms with Crippen molar-refractivity contribution in [3.05, 3.63) is 53.9 Å². The minimum Gasteiger partial charge on any atom is -0.504 e. The van der Waals surface area contributed by atoms with Crippen LogP contribution in [0.1, 0.15) is 11.4 Å². The fraction of sp³-hybridized carbons (Fsp3) is 0.167. The van der Waals surface area contributed by atoms with Crippen LogP contribution in [0.5, 0.6) is 11.5 Å². The number of phenolic OH excluding ortho intramolecular Hbond substituents is 1. The van der Waals surface area contributed by atoms with Crippen LogP contribution in [-0.4, -0.2) is 33.9 Å². The average molecular weight is 338 g/mol. The maximum absolute atomic E-state index is 12.1. The lowest BCUT2D eigenvalue weighted by molar-refractivity contribution is -0.121. The van der Waals surface area contributed by atoms with Crippen LogP contribution in [-0.2, 0) is 11.3 Å². The van der Waals surface area contributed by atoms with E-state index in [4.69, 9.17) is 4.74 Å². The van der Waals surface area contributed by atoms with Gasteiger partial charge in [-0.1, -0.05) is 12.1 Å². The van der Waals surface area contributed by atoms with Crippen molar-refractivity contribution in [1.82, 2.24) is 15.0 Å². The van der Waals surface area contributed by atoms with Gasteiger partial charge in [-0.3, -0.25) is 4.79 Å². The summed E-state index contributed by atoms with van der Waals surface area (Å²) >= 11 is 0. The van der Waals surface area contributed by atoms with Gasteiger partial charge in [0.15, 0.2) is 11.5 Å². The minimum absolute atomic E-state index is 0.0474. The maximum Gasteiger partial charge on any atom is 0.260 e. The van der Waals surface area contributed by atoms with Crippen molar-refractivity contribution in [3.8, 4) is 11.5 Å². The van der Waals surface area contributed by atoms with Crippen molar-refractivity contribution < 1.29 is 14.6 Å². The van der Waals surface area contributed by atoms with Crippen molar-refractivity contribution in [2.45, 2.75) is 13.5 Å². The molecule has 128 valence electrons. The number of carbonyl (C=O) groups is 1. The molecule has 25 heavy (non-hydrogen) atoms. The first-order valence-corrected chi connectivity index (χ1v) is 7.69. The number of phenols is 1. The molecule has 1 heterocycles. The summed E-state index contributed by atoms with van der Waals surface area (Å²) in [5.74, 6) is 0.902. The molecule has 0 aliphatic rings. The van der Waals surface area contributed by atoms with Crippen LogP contribution in [0.15, 0.2) is 47.6 Å². The van der Waals surface area contributed by atoms with Crippen molar-refractivity contribution in [3.63, 3.8) is 0 Å². The SMILES string of the molecule is COc1cc(C=NNC(=O)Cn2c(C)nc3ccccc32)ccc1O. The monoisotopic (exact) mass is 338 g/mol. The lowest BCUT2D eigenvalue weighted by Crippen LogP contribution is -2.23. The van der Waals surface area contributed by atoms with Crippen molar-refractivity contribution >= 4 is 23.2 Å². The van der Waals surface area contributed by atoms with Crippen LogP contribution in [0.4, 0.5) is 0 Å². The van der Waals surface area contributed by atoms with Gasteiger partial charge in [0, 0.05) is 0 Å². The number of fused-ring (bicyclic) bond motifs is 1. The Kier molecular flexibility index (Phi) is 4.65. The number of rotatable bonds is 5. The van der Waals surface area contributed by atoms with Gasteiger partial charge in [-0.25, -0.2) is 10.4 Å². The van der Waals surface area contributed by atoms with E-state index in [1.165, 1.54) is 19.4 Å². The first-order valence-electron chi connectivity index (χ1n) is 7.69. The highest BCUT2D eigenvalue weighted by Gasteiger charge is 2.10. The summed E-state index contributed by atoms with van der Waals surface area (Å²) in [6.07, 6.45) is 1.48. The number of carbonyl (C=O) groups excluding carboxylic acids is 1. The fourth-order valence-corrected chi connectivity index (χ4v) is 2.53. The predicted octanol–water partition coefficient (Wildman–Crippen LogP) is 2.21. The molecule has 0 bridgehead atoms. The number of hydrazone groups is 1. The third kappa shape index (κ3) is 3.60. The highest BCUT2D eigenvalue weighted by Crippen LogP contribution is 2.25. The largest absolute Gasteiger partial charge is 0.504 e. The molecule has 0 saturated heterocycles. The molecule has 3 rings (SSSR count). The van der Waals surface area contributed by atoms with E-state index >= 15 is 0 Å². The molecule has 0 fully saturated rings. The first kappa shape index (κ1) is 16.5. The van der Waals surface area contributed by atoms with Crippen LogP contribution >= 0.6 is 0 Å². The molecule has 0 unspecified atom stereocenters. The Morgan fingerprint density at radius 2 is 2.16 bits per heavy atom. The number of nitrogens with zero attached hydrogens (tertiary/aromatic N) is 3. The number of para-hydroxylation sites is 2. The van der Waals surface area contributed by atoms with Crippen molar-refractivity contribution in [2.75, 3.05) is 7.11 Å². The van der Waals surface area contributed by atoms with E-state index in [0.717, 1.165) is 16.9 Å². The normalized spacial score (nSPS) is 11.1. The fourth-order valence-electron chi connectivity index (χ4n) is 2.53.